The second-order valence-corrected chi connectivity index (χ2v) is 7.05. The molecule has 126 valence electrons. The molecule has 0 spiro atoms. The number of rotatable bonds is 3. The van der Waals surface area contributed by atoms with Gasteiger partial charge in [0, 0.05) is 24.0 Å². The molecule has 0 unspecified atom stereocenters. The first-order valence-corrected chi connectivity index (χ1v) is 8.12. The van der Waals surface area contributed by atoms with Crippen LogP contribution in [0.5, 0.6) is 0 Å². The predicted molar refractivity (Wildman–Crippen MR) is 93.6 cm³/mol. The van der Waals surface area contributed by atoms with Crippen LogP contribution in [0.2, 0.25) is 5.02 Å². The van der Waals surface area contributed by atoms with Crippen molar-refractivity contribution in [3.05, 3.63) is 47.3 Å². The number of imidazole rings is 1. The fraction of sp³-hybridized carbons (Fsp3) is 0.333. The number of aromatic nitrogens is 3. The Bertz CT molecular complexity index is 913. The van der Waals surface area contributed by atoms with E-state index in [1.54, 1.807) is 26.1 Å². The largest absolute Gasteiger partial charge is 0.383 e. The second-order valence-electron chi connectivity index (χ2n) is 6.64. The van der Waals surface area contributed by atoms with Gasteiger partial charge in [0.05, 0.1) is 10.5 Å². The lowest BCUT2D eigenvalue weighted by Crippen LogP contribution is -2.23. The van der Waals surface area contributed by atoms with Crippen LogP contribution in [-0.2, 0) is 5.60 Å². The molecule has 0 amide bonds. The minimum atomic E-state index is -1.18. The van der Waals surface area contributed by atoms with E-state index in [1.807, 2.05) is 24.5 Å². The predicted octanol–water partition coefficient (Wildman–Crippen LogP) is 4.70. The Morgan fingerprint density at radius 1 is 1.29 bits per heavy atom. The van der Waals surface area contributed by atoms with Crippen molar-refractivity contribution < 1.29 is 9.50 Å². The van der Waals surface area contributed by atoms with Gasteiger partial charge in [0.2, 0.25) is 0 Å². The van der Waals surface area contributed by atoms with Crippen LogP contribution in [0.3, 0.4) is 0 Å². The van der Waals surface area contributed by atoms with Crippen molar-refractivity contribution in [1.29, 1.82) is 0 Å². The molecule has 1 aromatic carbocycles. The molecule has 0 aliphatic heterocycles. The minimum Gasteiger partial charge on any atom is -0.383 e. The van der Waals surface area contributed by atoms with Crippen molar-refractivity contribution in [1.82, 2.24) is 14.5 Å². The fourth-order valence-electron chi connectivity index (χ4n) is 2.87. The molecule has 3 rings (SSSR count). The molecule has 1 N–H and O–H groups in total. The number of pyridine rings is 1. The summed E-state index contributed by atoms with van der Waals surface area (Å²) in [4.78, 5) is 8.32. The molecule has 3 aromatic rings. The van der Waals surface area contributed by atoms with E-state index in [4.69, 9.17) is 11.6 Å². The SMILES string of the molecule is CC(C)n1c(C(C)(C)O)nc2c(F)cc(-c3ccncc3Cl)cc21. The summed E-state index contributed by atoms with van der Waals surface area (Å²) in [6.07, 6.45) is 3.15. The molecule has 6 heteroatoms. The van der Waals surface area contributed by atoms with Crippen LogP contribution in [0.25, 0.3) is 22.2 Å². The van der Waals surface area contributed by atoms with Crippen LogP contribution >= 0.6 is 11.6 Å². The zero-order chi connectivity index (χ0) is 17.6. The summed E-state index contributed by atoms with van der Waals surface area (Å²) in [5, 5.41) is 10.9. The summed E-state index contributed by atoms with van der Waals surface area (Å²) in [7, 11) is 0. The lowest BCUT2D eigenvalue weighted by Gasteiger charge is -2.21. The summed E-state index contributed by atoms with van der Waals surface area (Å²) in [6.45, 7) is 7.23. The smallest absolute Gasteiger partial charge is 0.151 e. The van der Waals surface area contributed by atoms with Crippen molar-refractivity contribution in [3.63, 3.8) is 0 Å². The Hall–Kier alpha value is -1.98. The van der Waals surface area contributed by atoms with E-state index in [0.717, 1.165) is 0 Å². The van der Waals surface area contributed by atoms with Crippen LogP contribution in [-0.4, -0.2) is 19.6 Å². The molecule has 2 heterocycles. The van der Waals surface area contributed by atoms with Gasteiger partial charge in [-0.2, -0.15) is 0 Å². The number of nitrogens with zero attached hydrogens (tertiary/aromatic N) is 3. The van der Waals surface area contributed by atoms with Gasteiger partial charge in [-0.3, -0.25) is 4.98 Å². The fourth-order valence-corrected chi connectivity index (χ4v) is 3.10. The highest BCUT2D eigenvalue weighted by molar-refractivity contribution is 6.33. The first-order chi connectivity index (χ1) is 11.2. The summed E-state index contributed by atoms with van der Waals surface area (Å²) >= 11 is 6.20. The van der Waals surface area contributed by atoms with Gasteiger partial charge in [-0.05, 0) is 51.5 Å². The van der Waals surface area contributed by atoms with Gasteiger partial charge in [-0.15, -0.1) is 0 Å². The summed E-state index contributed by atoms with van der Waals surface area (Å²) < 4.78 is 16.6. The molecule has 0 aliphatic carbocycles. The number of aliphatic hydroxyl groups is 1. The van der Waals surface area contributed by atoms with Crippen LogP contribution in [0.15, 0.2) is 30.6 Å². The van der Waals surface area contributed by atoms with Crippen LogP contribution in [0, 0.1) is 5.82 Å². The highest BCUT2D eigenvalue weighted by Crippen LogP contribution is 2.34. The normalized spacial score (nSPS) is 12.3. The van der Waals surface area contributed by atoms with Crippen molar-refractivity contribution >= 4 is 22.6 Å². The molecule has 4 nitrogen and oxygen atoms in total. The first-order valence-electron chi connectivity index (χ1n) is 7.74. The molecule has 24 heavy (non-hydrogen) atoms. The summed E-state index contributed by atoms with van der Waals surface area (Å²) in [6, 6.07) is 5.02. The molecule has 0 radical (unpaired) electrons. The van der Waals surface area contributed by atoms with E-state index in [1.165, 1.54) is 12.3 Å². The molecule has 0 saturated heterocycles. The Morgan fingerprint density at radius 3 is 2.58 bits per heavy atom. The molecule has 0 bridgehead atoms. The van der Waals surface area contributed by atoms with Crippen LogP contribution < -0.4 is 0 Å². The highest BCUT2D eigenvalue weighted by Gasteiger charge is 2.27. The summed E-state index contributed by atoms with van der Waals surface area (Å²) in [5.74, 6) is -0.00958. The number of benzene rings is 1. The van der Waals surface area contributed by atoms with Gasteiger partial charge in [0.25, 0.3) is 0 Å². The number of hydrogen-bond donors (Lipinski definition) is 1. The number of hydrogen-bond acceptors (Lipinski definition) is 3. The maximum Gasteiger partial charge on any atom is 0.151 e. The molecule has 0 aliphatic rings. The molecular weight excluding hydrogens is 329 g/mol. The zero-order valence-corrected chi connectivity index (χ0v) is 14.8. The Kier molecular flexibility index (Phi) is 4.10. The van der Waals surface area contributed by atoms with Gasteiger partial charge >= 0.3 is 0 Å². The lowest BCUT2D eigenvalue weighted by atomic mass is 10.1. The maximum atomic E-state index is 14.7. The van der Waals surface area contributed by atoms with E-state index in [0.29, 0.717) is 27.5 Å². The molecule has 0 fully saturated rings. The number of halogens is 2. The van der Waals surface area contributed by atoms with Gasteiger partial charge in [-0.25, -0.2) is 9.37 Å². The minimum absolute atomic E-state index is 0.0130. The van der Waals surface area contributed by atoms with Gasteiger partial charge in [0.1, 0.15) is 16.9 Å². The van der Waals surface area contributed by atoms with E-state index < -0.39 is 11.4 Å². The van der Waals surface area contributed by atoms with Crippen molar-refractivity contribution in [2.45, 2.75) is 39.3 Å². The topological polar surface area (TPSA) is 50.9 Å². The maximum absolute atomic E-state index is 14.7. The van der Waals surface area contributed by atoms with Gasteiger partial charge < -0.3 is 9.67 Å². The Morgan fingerprint density at radius 2 is 2.00 bits per heavy atom. The van der Waals surface area contributed by atoms with Gasteiger partial charge in [-0.1, -0.05) is 11.6 Å². The molecule has 0 atom stereocenters. The molecule has 0 saturated carbocycles. The van der Waals surface area contributed by atoms with Crippen molar-refractivity contribution in [2.24, 2.45) is 0 Å². The van der Waals surface area contributed by atoms with Crippen LogP contribution in [0.1, 0.15) is 39.6 Å². The molecule has 2 aromatic heterocycles. The molecular formula is C18H19ClFN3O. The van der Waals surface area contributed by atoms with Crippen molar-refractivity contribution in [2.75, 3.05) is 0 Å². The zero-order valence-electron chi connectivity index (χ0n) is 14.0. The Labute approximate surface area is 144 Å². The third-order valence-corrected chi connectivity index (χ3v) is 4.20. The van der Waals surface area contributed by atoms with E-state index in [-0.39, 0.29) is 11.6 Å². The van der Waals surface area contributed by atoms with Gasteiger partial charge in [0.15, 0.2) is 5.82 Å². The first kappa shape index (κ1) is 16.9. The van der Waals surface area contributed by atoms with E-state index >= 15 is 0 Å². The average molecular weight is 348 g/mol. The standard InChI is InChI=1S/C18H19ClFN3O/c1-10(2)23-15-8-11(12-5-6-21-9-13(12)19)7-14(20)16(15)22-17(23)18(3,4)24/h5-10,24H,1-4H3. The lowest BCUT2D eigenvalue weighted by molar-refractivity contribution is 0.0641. The third kappa shape index (κ3) is 2.78. The van der Waals surface area contributed by atoms with E-state index in [9.17, 15) is 9.50 Å². The second kappa shape index (κ2) is 5.83. The average Bonchev–Trinajstić information content (AvgIpc) is 2.88. The Balaban J connectivity index is 2.35. The van der Waals surface area contributed by atoms with E-state index in [2.05, 4.69) is 9.97 Å². The monoisotopic (exact) mass is 347 g/mol. The quantitative estimate of drug-likeness (QED) is 0.747. The van der Waals surface area contributed by atoms with Crippen molar-refractivity contribution in [3.8, 4) is 11.1 Å². The summed E-state index contributed by atoms with van der Waals surface area (Å²) in [5.41, 5.74) is 1.05. The number of fused-ring (bicyclic) bond motifs is 1. The highest BCUT2D eigenvalue weighted by atomic mass is 35.5. The van der Waals surface area contributed by atoms with Crippen LogP contribution in [0.4, 0.5) is 4.39 Å². The third-order valence-electron chi connectivity index (χ3n) is 3.90.